The van der Waals surface area contributed by atoms with Crippen molar-refractivity contribution in [2.45, 2.75) is 27.4 Å². The summed E-state index contributed by atoms with van der Waals surface area (Å²) in [7, 11) is 1.87. The van der Waals surface area contributed by atoms with Gasteiger partial charge in [0.1, 0.15) is 12.4 Å². The largest absolute Gasteiger partial charge is 0.487 e. The molecule has 0 amide bonds. The zero-order valence-corrected chi connectivity index (χ0v) is 12.1. The lowest BCUT2D eigenvalue weighted by Gasteiger charge is -2.13. The van der Waals surface area contributed by atoms with Gasteiger partial charge >= 0.3 is 5.97 Å². The maximum absolute atomic E-state index is 11.0. The molecular formula is C15H18N2O3. The van der Waals surface area contributed by atoms with E-state index in [-0.39, 0.29) is 5.56 Å². The van der Waals surface area contributed by atoms with Crippen LogP contribution >= 0.6 is 0 Å². The van der Waals surface area contributed by atoms with Crippen molar-refractivity contribution >= 4 is 5.97 Å². The molecule has 5 heteroatoms. The predicted octanol–water partition coefficient (Wildman–Crippen LogP) is 2.62. The van der Waals surface area contributed by atoms with Gasteiger partial charge in [-0.3, -0.25) is 4.68 Å². The molecule has 2 aromatic rings. The van der Waals surface area contributed by atoms with Crippen LogP contribution in [0.2, 0.25) is 0 Å². The van der Waals surface area contributed by atoms with Crippen LogP contribution in [-0.2, 0) is 13.7 Å². The van der Waals surface area contributed by atoms with Gasteiger partial charge < -0.3 is 9.84 Å². The monoisotopic (exact) mass is 274 g/mol. The number of hydrogen-bond acceptors (Lipinski definition) is 3. The highest BCUT2D eigenvalue weighted by Gasteiger charge is 2.11. The molecule has 20 heavy (non-hydrogen) atoms. The van der Waals surface area contributed by atoms with Gasteiger partial charge in [-0.15, -0.1) is 0 Å². The average molecular weight is 274 g/mol. The van der Waals surface area contributed by atoms with E-state index < -0.39 is 5.97 Å². The Morgan fingerprint density at radius 3 is 2.30 bits per heavy atom. The second-order valence-electron chi connectivity index (χ2n) is 4.93. The molecule has 0 atom stereocenters. The van der Waals surface area contributed by atoms with Crippen molar-refractivity contribution in [1.29, 1.82) is 0 Å². The maximum Gasteiger partial charge on any atom is 0.335 e. The zero-order chi connectivity index (χ0) is 14.9. The van der Waals surface area contributed by atoms with Crippen molar-refractivity contribution in [3.8, 4) is 5.75 Å². The van der Waals surface area contributed by atoms with Crippen LogP contribution in [-0.4, -0.2) is 20.9 Å². The molecule has 0 aliphatic rings. The maximum atomic E-state index is 11.0. The molecule has 1 N–H and O–H groups in total. The van der Waals surface area contributed by atoms with Crippen molar-refractivity contribution in [3.05, 3.63) is 46.3 Å². The van der Waals surface area contributed by atoms with E-state index in [4.69, 9.17) is 9.84 Å². The van der Waals surface area contributed by atoms with Gasteiger partial charge in [-0.2, -0.15) is 5.10 Å². The third-order valence-corrected chi connectivity index (χ3v) is 3.17. The Balaban J connectivity index is 2.22. The van der Waals surface area contributed by atoms with Gasteiger partial charge in [-0.25, -0.2) is 4.79 Å². The molecule has 0 saturated heterocycles. The number of carboxylic acid groups (broad SMARTS) is 1. The molecule has 0 aliphatic carbocycles. The normalized spacial score (nSPS) is 10.6. The van der Waals surface area contributed by atoms with Crippen LogP contribution in [0.3, 0.4) is 0 Å². The van der Waals surface area contributed by atoms with Crippen LogP contribution in [0.25, 0.3) is 0 Å². The highest BCUT2D eigenvalue weighted by atomic mass is 16.5. The zero-order valence-electron chi connectivity index (χ0n) is 12.1. The fourth-order valence-electron chi connectivity index (χ4n) is 2.25. The van der Waals surface area contributed by atoms with Crippen molar-refractivity contribution in [3.63, 3.8) is 0 Å². The Bertz CT molecular complexity index is 636. The second-order valence-corrected chi connectivity index (χ2v) is 4.93. The Kier molecular flexibility index (Phi) is 3.79. The molecule has 5 nitrogen and oxygen atoms in total. The Labute approximate surface area is 117 Å². The Hall–Kier alpha value is -2.30. The van der Waals surface area contributed by atoms with E-state index in [1.54, 1.807) is 16.8 Å². The lowest BCUT2D eigenvalue weighted by atomic mass is 10.1. The minimum atomic E-state index is -0.926. The molecule has 0 aliphatic heterocycles. The molecule has 1 heterocycles. The molecule has 1 aromatic carbocycles. The standard InChI is InChI=1S/C15H18N2O3/c1-9-5-12(15(18)19)6-10(2)14(9)20-8-13-7-11(3)16-17(13)4/h5-7H,8H2,1-4H3,(H,18,19). The smallest absolute Gasteiger partial charge is 0.335 e. The third kappa shape index (κ3) is 2.82. The molecule has 106 valence electrons. The van der Waals surface area contributed by atoms with Gasteiger partial charge in [-0.05, 0) is 50.1 Å². The Morgan fingerprint density at radius 1 is 1.25 bits per heavy atom. The van der Waals surface area contributed by atoms with Gasteiger partial charge in [0, 0.05) is 7.05 Å². The van der Waals surface area contributed by atoms with Crippen molar-refractivity contribution < 1.29 is 14.6 Å². The fraction of sp³-hybridized carbons (Fsp3) is 0.333. The van der Waals surface area contributed by atoms with Crippen LogP contribution in [0, 0.1) is 20.8 Å². The summed E-state index contributed by atoms with van der Waals surface area (Å²) in [5.41, 5.74) is 3.84. The van der Waals surface area contributed by atoms with Gasteiger partial charge in [0.05, 0.1) is 17.0 Å². The quantitative estimate of drug-likeness (QED) is 0.930. The topological polar surface area (TPSA) is 64.3 Å². The molecule has 0 radical (unpaired) electrons. The third-order valence-electron chi connectivity index (χ3n) is 3.17. The fourth-order valence-corrected chi connectivity index (χ4v) is 2.25. The van der Waals surface area contributed by atoms with Crippen molar-refractivity contribution in [2.24, 2.45) is 7.05 Å². The molecule has 0 saturated carbocycles. The molecule has 0 spiro atoms. The lowest BCUT2D eigenvalue weighted by Crippen LogP contribution is -2.06. The summed E-state index contributed by atoms with van der Waals surface area (Å²) >= 11 is 0. The summed E-state index contributed by atoms with van der Waals surface area (Å²) in [6, 6.07) is 5.22. The molecule has 0 bridgehead atoms. The minimum Gasteiger partial charge on any atom is -0.487 e. The Morgan fingerprint density at radius 2 is 1.85 bits per heavy atom. The summed E-state index contributed by atoms with van der Waals surface area (Å²) in [6.45, 7) is 6.04. The number of nitrogens with zero attached hydrogens (tertiary/aromatic N) is 2. The van der Waals surface area contributed by atoms with Gasteiger partial charge in [0.2, 0.25) is 0 Å². The number of aromatic nitrogens is 2. The van der Waals surface area contributed by atoms with Crippen LogP contribution in [0.5, 0.6) is 5.75 Å². The van der Waals surface area contributed by atoms with Crippen LogP contribution in [0.1, 0.15) is 32.9 Å². The summed E-state index contributed by atoms with van der Waals surface area (Å²) < 4.78 is 7.61. The first kappa shape index (κ1) is 14.1. The van der Waals surface area contributed by atoms with E-state index in [9.17, 15) is 4.79 Å². The number of aromatic carboxylic acids is 1. The number of benzene rings is 1. The van der Waals surface area contributed by atoms with Gasteiger partial charge in [-0.1, -0.05) is 0 Å². The van der Waals surface area contributed by atoms with Crippen LogP contribution < -0.4 is 4.74 Å². The molecule has 2 rings (SSSR count). The van der Waals surface area contributed by atoms with E-state index >= 15 is 0 Å². The first-order valence-corrected chi connectivity index (χ1v) is 6.35. The van der Waals surface area contributed by atoms with E-state index in [1.807, 2.05) is 33.9 Å². The first-order valence-electron chi connectivity index (χ1n) is 6.35. The number of ether oxygens (including phenoxy) is 1. The van der Waals surface area contributed by atoms with E-state index in [0.29, 0.717) is 6.61 Å². The summed E-state index contributed by atoms with van der Waals surface area (Å²) in [5, 5.41) is 13.3. The number of aryl methyl sites for hydroxylation is 4. The molecule has 1 aromatic heterocycles. The van der Waals surface area contributed by atoms with Crippen molar-refractivity contribution in [1.82, 2.24) is 9.78 Å². The summed E-state index contributed by atoms with van der Waals surface area (Å²) in [4.78, 5) is 11.0. The number of carbonyl (C=O) groups is 1. The van der Waals surface area contributed by atoms with E-state index in [2.05, 4.69) is 5.10 Å². The summed E-state index contributed by atoms with van der Waals surface area (Å²) in [5.74, 6) is -0.195. The summed E-state index contributed by atoms with van der Waals surface area (Å²) in [6.07, 6.45) is 0. The second kappa shape index (κ2) is 5.36. The number of carboxylic acids is 1. The average Bonchev–Trinajstić information content (AvgIpc) is 2.66. The van der Waals surface area contributed by atoms with E-state index in [1.165, 1.54) is 0 Å². The molecule has 0 unspecified atom stereocenters. The molecule has 0 fully saturated rings. The van der Waals surface area contributed by atoms with Crippen molar-refractivity contribution in [2.75, 3.05) is 0 Å². The van der Waals surface area contributed by atoms with Gasteiger partial charge in [0.15, 0.2) is 0 Å². The highest BCUT2D eigenvalue weighted by molar-refractivity contribution is 5.88. The number of hydrogen-bond donors (Lipinski definition) is 1. The van der Waals surface area contributed by atoms with Crippen LogP contribution in [0.4, 0.5) is 0 Å². The predicted molar refractivity (Wildman–Crippen MR) is 75.2 cm³/mol. The first-order chi connectivity index (χ1) is 9.38. The highest BCUT2D eigenvalue weighted by Crippen LogP contribution is 2.25. The SMILES string of the molecule is Cc1cc(COc2c(C)cc(C(=O)O)cc2C)n(C)n1. The lowest BCUT2D eigenvalue weighted by molar-refractivity contribution is 0.0696. The number of rotatable bonds is 4. The van der Waals surface area contributed by atoms with E-state index in [0.717, 1.165) is 28.3 Å². The van der Waals surface area contributed by atoms with Crippen LogP contribution in [0.15, 0.2) is 18.2 Å². The minimum absolute atomic E-state index is 0.281. The van der Waals surface area contributed by atoms with Gasteiger partial charge in [0.25, 0.3) is 0 Å². The molecular weight excluding hydrogens is 256 g/mol.